The van der Waals surface area contributed by atoms with Gasteiger partial charge in [-0.1, -0.05) is 42.1 Å². The molecule has 0 saturated carbocycles. The van der Waals surface area contributed by atoms with Gasteiger partial charge >= 0.3 is 0 Å². The maximum absolute atomic E-state index is 3.67. The fraction of sp³-hybridized carbons (Fsp3) is 0.273. The molecular formula is C11H19NSi. The molecule has 2 heteroatoms. The van der Waals surface area contributed by atoms with Crippen molar-refractivity contribution in [3.05, 3.63) is 36.4 Å². The maximum atomic E-state index is 3.67. The van der Waals surface area contributed by atoms with Crippen molar-refractivity contribution in [3.8, 4) is 0 Å². The summed E-state index contributed by atoms with van der Waals surface area (Å²) >= 11 is 0. The summed E-state index contributed by atoms with van der Waals surface area (Å²) in [6.45, 7) is 3.67. The molecule has 0 aliphatic heterocycles. The van der Waals surface area contributed by atoms with Crippen LogP contribution in [0.2, 0.25) is 0 Å². The van der Waals surface area contributed by atoms with Gasteiger partial charge in [0, 0.05) is 10.2 Å². The van der Waals surface area contributed by atoms with Gasteiger partial charge in [0.15, 0.2) is 0 Å². The van der Waals surface area contributed by atoms with Gasteiger partial charge in [-0.05, 0) is 26.7 Å². The monoisotopic (exact) mass is 193 g/mol. The van der Waals surface area contributed by atoms with Crippen LogP contribution in [0, 0.1) is 0 Å². The van der Waals surface area contributed by atoms with E-state index in [1.54, 1.807) is 0 Å². The molecule has 0 atom stereocenters. The van der Waals surface area contributed by atoms with E-state index in [-0.39, 0.29) is 0 Å². The third-order valence-electron chi connectivity index (χ3n) is 1.31. The Bertz CT molecular complexity index is 236. The van der Waals surface area contributed by atoms with Crippen LogP contribution in [-0.4, -0.2) is 36.3 Å². The van der Waals surface area contributed by atoms with Crippen molar-refractivity contribution in [1.82, 2.24) is 4.90 Å². The highest BCUT2D eigenvalue weighted by Gasteiger charge is 1.82. The molecule has 0 aliphatic carbocycles. The average molecular weight is 193 g/mol. The lowest BCUT2D eigenvalue weighted by atomic mass is 10.2. The van der Waals surface area contributed by atoms with Gasteiger partial charge in [0.05, 0.1) is 0 Å². The van der Waals surface area contributed by atoms with Crippen molar-refractivity contribution in [3.63, 3.8) is 0 Å². The first-order valence-electron chi connectivity index (χ1n) is 4.36. The van der Waals surface area contributed by atoms with Crippen LogP contribution in [0.25, 0.3) is 6.08 Å². The highest BCUT2D eigenvalue weighted by atomic mass is 28.1. The van der Waals surface area contributed by atoms with Gasteiger partial charge in [0.2, 0.25) is 0 Å². The normalized spacial score (nSPS) is 9.23. The first-order valence-corrected chi connectivity index (χ1v) is 5.36. The summed E-state index contributed by atoms with van der Waals surface area (Å²) in [5.74, 6) is 0. The van der Waals surface area contributed by atoms with E-state index in [9.17, 15) is 0 Å². The highest BCUT2D eigenvalue weighted by molar-refractivity contribution is 6.32. The summed E-state index contributed by atoms with van der Waals surface area (Å²) in [6, 6.07) is 8.47. The zero-order valence-corrected chi connectivity index (χ0v) is 11.0. The summed E-state index contributed by atoms with van der Waals surface area (Å²) in [7, 11) is 7.14. The molecule has 13 heavy (non-hydrogen) atoms. The summed E-state index contributed by atoms with van der Waals surface area (Å²) in [5.41, 5.74) is 1.20. The Morgan fingerprint density at radius 2 is 1.54 bits per heavy atom. The van der Waals surface area contributed by atoms with Crippen molar-refractivity contribution in [2.45, 2.75) is 0 Å². The smallest absolute Gasteiger partial charge is 0.0384 e. The van der Waals surface area contributed by atoms with E-state index < -0.39 is 0 Å². The molecule has 0 bridgehead atoms. The minimum Gasteiger partial charge on any atom is -0.312 e. The van der Waals surface area contributed by atoms with E-state index in [2.05, 4.69) is 30.8 Å². The van der Waals surface area contributed by atoms with Gasteiger partial charge in [-0.3, -0.25) is 0 Å². The van der Waals surface area contributed by atoms with Gasteiger partial charge < -0.3 is 4.90 Å². The molecule has 0 aromatic heterocycles. The second-order valence-electron chi connectivity index (χ2n) is 3.46. The fourth-order valence-electron chi connectivity index (χ4n) is 0.703. The zero-order valence-electron chi connectivity index (χ0n) is 9.04. The lowest BCUT2D eigenvalue weighted by Crippen LogP contribution is -1.99. The van der Waals surface area contributed by atoms with Gasteiger partial charge in [0.25, 0.3) is 0 Å². The van der Waals surface area contributed by atoms with Crippen LogP contribution >= 0.6 is 0 Å². The van der Waals surface area contributed by atoms with Gasteiger partial charge in [0.1, 0.15) is 0 Å². The van der Waals surface area contributed by atoms with Crippen LogP contribution in [-0.2, 0) is 0 Å². The predicted molar refractivity (Wildman–Crippen MR) is 65.7 cm³/mol. The zero-order chi connectivity index (χ0) is 10.3. The van der Waals surface area contributed by atoms with E-state index in [1.807, 2.05) is 32.1 Å². The highest BCUT2D eigenvalue weighted by Crippen LogP contribution is 1.95. The lowest BCUT2D eigenvalue weighted by Gasteiger charge is -1.91. The summed E-state index contributed by atoms with van der Waals surface area (Å²) in [5, 5.41) is 1.43. The third-order valence-corrected chi connectivity index (χ3v) is 1.98. The first-order chi connectivity index (χ1) is 6.06. The second kappa shape index (κ2) is 6.63. The van der Waals surface area contributed by atoms with Crippen LogP contribution in [0.15, 0.2) is 30.8 Å². The maximum Gasteiger partial charge on any atom is 0.0384 e. The van der Waals surface area contributed by atoms with Crippen LogP contribution in [0.1, 0.15) is 5.56 Å². The van der Waals surface area contributed by atoms with Crippen molar-refractivity contribution in [2.24, 2.45) is 0 Å². The topological polar surface area (TPSA) is 3.24 Å². The Morgan fingerprint density at radius 3 is 1.85 bits per heavy atom. The minimum atomic E-state index is 1.14. The lowest BCUT2D eigenvalue weighted by molar-refractivity contribution is 0.505. The summed E-state index contributed by atoms with van der Waals surface area (Å²) in [6.07, 6.45) is 1.86. The van der Waals surface area contributed by atoms with Gasteiger partial charge in [-0.25, -0.2) is 0 Å². The molecule has 0 spiro atoms. The van der Waals surface area contributed by atoms with E-state index in [1.165, 1.54) is 10.8 Å². The van der Waals surface area contributed by atoms with E-state index >= 15 is 0 Å². The Labute approximate surface area is 84.5 Å². The number of benzene rings is 1. The molecule has 1 nitrogen and oxygen atoms in total. The average Bonchev–Trinajstić information content (AvgIpc) is 2.05. The van der Waals surface area contributed by atoms with E-state index in [4.69, 9.17) is 0 Å². The van der Waals surface area contributed by atoms with Crippen molar-refractivity contribution >= 4 is 21.5 Å². The van der Waals surface area contributed by atoms with E-state index in [0.717, 1.165) is 10.2 Å². The Kier molecular flexibility index (Phi) is 6.19. The van der Waals surface area contributed by atoms with Crippen molar-refractivity contribution in [2.75, 3.05) is 21.1 Å². The molecule has 1 aromatic rings. The summed E-state index contributed by atoms with van der Waals surface area (Å²) in [4.78, 5) is 2.00. The van der Waals surface area contributed by atoms with E-state index in [0.29, 0.717) is 0 Å². The Morgan fingerprint density at radius 1 is 1.15 bits per heavy atom. The number of hydrogen-bond acceptors (Lipinski definition) is 1. The van der Waals surface area contributed by atoms with Gasteiger partial charge in [-0.15, -0.1) is 0 Å². The number of hydrogen-bond donors (Lipinski definition) is 0. The molecule has 0 amide bonds. The molecule has 1 aromatic carbocycles. The molecular weight excluding hydrogens is 174 g/mol. The van der Waals surface area contributed by atoms with Crippen LogP contribution < -0.4 is 5.19 Å². The SMILES string of the molecule is C=Cc1ccc([SiH3])cc1.CN(C)C. The quantitative estimate of drug-likeness (QED) is 0.587. The minimum absolute atomic E-state index is 1.14. The molecule has 0 saturated heterocycles. The number of rotatable bonds is 1. The van der Waals surface area contributed by atoms with Crippen LogP contribution in [0.3, 0.4) is 0 Å². The molecule has 0 aliphatic rings. The largest absolute Gasteiger partial charge is 0.312 e. The van der Waals surface area contributed by atoms with Crippen LogP contribution in [0.4, 0.5) is 0 Å². The molecule has 72 valence electrons. The molecule has 0 fully saturated rings. The Balaban J connectivity index is 0.000000310. The standard InChI is InChI=1S/C8H10Si.C3H9N/c1-2-7-3-5-8(9)6-4-7;1-4(2)3/h2-6H,1H2,9H3;1-3H3. The predicted octanol–water partition coefficient (Wildman–Crippen LogP) is 0.498. The molecule has 0 radical (unpaired) electrons. The molecule has 1 rings (SSSR count). The molecule has 0 unspecified atom stereocenters. The molecule has 0 heterocycles. The van der Waals surface area contributed by atoms with Crippen molar-refractivity contribution in [1.29, 1.82) is 0 Å². The van der Waals surface area contributed by atoms with Crippen molar-refractivity contribution < 1.29 is 0 Å². The third kappa shape index (κ3) is 7.50. The first kappa shape index (κ1) is 12.1. The van der Waals surface area contributed by atoms with Crippen LogP contribution in [0.5, 0.6) is 0 Å². The molecule has 0 N–H and O–H groups in total. The summed E-state index contributed by atoms with van der Waals surface area (Å²) < 4.78 is 0. The number of nitrogens with zero attached hydrogens (tertiary/aromatic N) is 1. The Hall–Kier alpha value is -0.863. The fourth-order valence-corrected chi connectivity index (χ4v) is 1.04. The van der Waals surface area contributed by atoms with Gasteiger partial charge in [-0.2, -0.15) is 0 Å². The second-order valence-corrected chi connectivity index (χ2v) is 4.61.